The first-order valence-electron chi connectivity index (χ1n) is 6.41. The average Bonchev–Trinajstić information content (AvgIpc) is 2.53. The Morgan fingerprint density at radius 2 is 2.00 bits per heavy atom. The molecule has 0 heterocycles. The summed E-state index contributed by atoms with van der Waals surface area (Å²) in [6.07, 6.45) is 1.31. The molecule has 0 radical (unpaired) electrons. The highest BCUT2D eigenvalue weighted by molar-refractivity contribution is 9.10. The van der Waals surface area contributed by atoms with Crippen LogP contribution in [0.5, 0.6) is 5.75 Å². The van der Waals surface area contributed by atoms with Gasteiger partial charge < -0.3 is 9.84 Å². The van der Waals surface area contributed by atoms with E-state index in [1.54, 1.807) is 24.3 Å². The maximum absolute atomic E-state index is 10.9. The van der Waals surface area contributed by atoms with Crippen molar-refractivity contribution in [1.82, 2.24) is 0 Å². The van der Waals surface area contributed by atoms with Gasteiger partial charge in [0.25, 0.3) is 0 Å². The summed E-state index contributed by atoms with van der Waals surface area (Å²) < 4.78 is 6.37. The Morgan fingerprint density at radius 1 is 1.27 bits per heavy atom. The van der Waals surface area contributed by atoms with Crippen molar-refractivity contribution in [3.8, 4) is 11.8 Å². The van der Waals surface area contributed by atoms with E-state index in [1.165, 1.54) is 6.08 Å². The zero-order valence-electron chi connectivity index (χ0n) is 11.5. The van der Waals surface area contributed by atoms with E-state index in [1.807, 2.05) is 30.3 Å². The highest BCUT2D eigenvalue weighted by Crippen LogP contribution is 2.25. The SMILES string of the molecule is N#CC(=Cc1cc(OCc2ccccc2)ccc1Br)C(=O)O. The molecule has 5 heteroatoms. The maximum Gasteiger partial charge on any atom is 0.346 e. The summed E-state index contributed by atoms with van der Waals surface area (Å²) in [6.45, 7) is 0.412. The second-order valence-corrected chi connectivity index (χ2v) is 5.29. The number of carboxylic acid groups (broad SMARTS) is 1. The van der Waals surface area contributed by atoms with Crippen LogP contribution >= 0.6 is 15.9 Å². The third-order valence-corrected chi connectivity index (χ3v) is 3.59. The molecule has 0 saturated carbocycles. The van der Waals surface area contributed by atoms with Gasteiger partial charge >= 0.3 is 5.97 Å². The number of halogens is 1. The fourth-order valence-corrected chi connectivity index (χ4v) is 2.12. The first-order chi connectivity index (χ1) is 10.6. The van der Waals surface area contributed by atoms with Crippen LogP contribution in [0.1, 0.15) is 11.1 Å². The number of ether oxygens (including phenoxy) is 1. The standard InChI is InChI=1S/C17H12BrNO3/c18-16-7-6-15(22-11-12-4-2-1-3-5-12)9-13(16)8-14(10-19)17(20)21/h1-9H,11H2,(H,20,21). The van der Waals surface area contributed by atoms with Crippen molar-refractivity contribution in [3.05, 3.63) is 69.7 Å². The number of nitrogens with zero attached hydrogens (tertiary/aromatic N) is 1. The van der Waals surface area contributed by atoms with Crippen molar-refractivity contribution in [1.29, 1.82) is 5.26 Å². The number of carbonyl (C=O) groups is 1. The van der Waals surface area contributed by atoms with E-state index in [9.17, 15) is 4.79 Å². The topological polar surface area (TPSA) is 70.3 Å². The molecular formula is C17H12BrNO3. The molecule has 2 aromatic rings. The third-order valence-electron chi connectivity index (χ3n) is 2.87. The highest BCUT2D eigenvalue weighted by atomic mass is 79.9. The molecule has 1 N–H and O–H groups in total. The second kappa shape index (κ2) is 7.43. The van der Waals surface area contributed by atoms with Gasteiger partial charge in [-0.3, -0.25) is 0 Å². The molecule has 0 bridgehead atoms. The predicted molar refractivity (Wildman–Crippen MR) is 86.1 cm³/mol. The van der Waals surface area contributed by atoms with E-state index in [0.29, 0.717) is 22.4 Å². The summed E-state index contributed by atoms with van der Waals surface area (Å²) in [4.78, 5) is 10.9. The molecule has 0 fully saturated rings. The van der Waals surface area contributed by atoms with E-state index in [4.69, 9.17) is 15.1 Å². The molecule has 0 spiro atoms. The molecule has 0 aliphatic heterocycles. The van der Waals surface area contributed by atoms with Gasteiger partial charge in [-0.25, -0.2) is 4.79 Å². The minimum atomic E-state index is -1.26. The second-order valence-electron chi connectivity index (χ2n) is 4.43. The molecule has 22 heavy (non-hydrogen) atoms. The van der Waals surface area contributed by atoms with Gasteiger partial charge in [-0.1, -0.05) is 46.3 Å². The van der Waals surface area contributed by atoms with Gasteiger partial charge in [0.1, 0.15) is 24.0 Å². The van der Waals surface area contributed by atoms with E-state index >= 15 is 0 Å². The smallest absolute Gasteiger partial charge is 0.346 e. The number of hydrogen-bond donors (Lipinski definition) is 1. The first-order valence-corrected chi connectivity index (χ1v) is 7.21. The summed E-state index contributed by atoms with van der Waals surface area (Å²) in [6, 6.07) is 16.6. The Kier molecular flexibility index (Phi) is 5.34. The minimum Gasteiger partial charge on any atom is -0.489 e. The molecule has 0 aliphatic carbocycles. The zero-order valence-corrected chi connectivity index (χ0v) is 13.1. The molecular weight excluding hydrogens is 346 g/mol. The molecule has 2 aromatic carbocycles. The van der Waals surface area contributed by atoms with Crippen LogP contribution in [-0.2, 0) is 11.4 Å². The van der Waals surface area contributed by atoms with Crippen LogP contribution in [0, 0.1) is 11.3 Å². The van der Waals surface area contributed by atoms with Crippen LogP contribution in [-0.4, -0.2) is 11.1 Å². The first kappa shape index (κ1) is 15.8. The Labute approximate surface area is 136 Å². The van der Waals surface area contributed by atoms with Crippen LogP contribution in [0.2, 0.25) is 0 Å². The number of benzene rings is 2. The lowest BCUT2D eigenvalue weighted by Crippen LogP contribution is -1.98. The van der Waals surface area contributed by atoms with Gasteiger partial charge in [0.05, 0.1) is 0 Å². The van der Waals surface area contributed by atoms with E-state index < -0.39 is 5.97 Å². The van der Waals surface area contributed by atoms with Gasteiger partial charge in [-0.2, -0.15) is 5.26 Å². The highest BCUT2D eigenvalue weighted by Gasteiger charge is 2.08. The summed E-state index contributed by atoms with van der Waals surface area (Å²) in [5, 5.41) is 17.7. The molecule has 0 atom stereocenters. The summed E-state index contributed by atoms with van der Waals surface area (Å²) >= 11 is 3.33. The van der Waals surface area contributed by atoms with Crippen molar-refractivity contribution in [2.45, 2.75) is 6.61 Å². The summed E-state index contributed by atoms with van der Waals surface area (Å²) in [5.74, 6) is -0.661. The third kappa shape index (κ3) is 4.21. The van der Waals surface area contributed by atoms with Gasteiger partial charge in [0, 0.05) is 4.47 Å². The van der Waals surface area contributed by atoms with E-state index in [2.05, 4.69) is 15.9 Å². The van der Waals surface area contributed by atoms with Gasteiger partial charge in [-0.15, -0.1) is 0 Å². The average molecular weight is 358 g/mol. The molecule has 4 nitrogen and oxygen atoms in total. The molecule has 0 amide bonds. The van der Waals surface area contributed by atoms with E-state index in [0.717, 1.165) is 5.56 Å². The zero-order chi connectivity index (χ0) is 15.9. The predicted octanol–water partition coefficient (Wildman–Crippen LogP) is 4.02. The molecule has 0 aliphatic rings. The van der Waals surface area contributed by atoms with Crippen molar-refractivity contribution >= 4 is 28.0 Å². The molecule has 0 aromatic heterocycles. The van der Waals surface area contributed by atoms with Crippen molar-refractivity contribution < 1.29 is 14.6 Å². The monoisotopic (exact) mass is 357 g/mol. The number of rotatable bonds is 5. The number of nitriles is 1. The molecule has 110 valence electrons. The van der Waals surface area contributed by atoms with E-state index in [-0.39, 0.29) is 5.57 Å². The van der Waals surface area contributed by atoms with Crippen molar-refractivity contribution in [3.63, 3.8) is 0 Å². The largest absolute Gasteiger partial charge is 0.489 e. The molecule has 0 unspecified atom stereocenters. The van der Waals surface area contributed by atoms with Gasteiger partial charge in [0.2, 0.25) is 0 Å². The maximum atomic E-state index is 10.9. The lowest BCUT2D eigenvalue weighted by atomic mass is 10.1. The lowest BCUT2D eigenvalue weighted by molar-refractivity contribution is -0.132. The Bertz CT molecular complexity index is 748. The summed E-state index contributed by atoms with van der Waals surface area (Å²) in [5.41, 5.74) is 1.27. The number of aliphatic carboxylic acids is 1. The fourth-order valence-electron chi connectivity index (χ4n) is 1.76. The Balaban J connectivity index is 2.20. The quantitative estimate of drug-likeness (QED) is 0.647. The van der Waals surface area contributed by atoms with Crippen LogP contribution in [0.25, 0.3) is 6.08 Å². The molecule has 2 rings (SSSR count). The summed E-state index contributed by atoms with van der Waals surface area (Å²) in [7, 11) is 0. The van der Waals surface area contributed by atoms with Crippen LogP contribution in [0.15, 0.2) is 58.6 Å². The van der Waals surface area contributed by atoms with Crippen LogP contribution < -0.4 is 4.74 Å². The van der Waals surface area contributed by atoms with Crippen molar-refractivity contribution in [2.75, 3.05) is 0 Å². The Morgan fingerprint density at radius 3 is 2.64 bits per heavy atom. The normalized spacial score (nSPS) is 10.8. The lowest BCUT2D eigenvalue weighted by Gasteiger charge is -2.08. The molecule has 0 saturated heterocycles. The minimum absolute atomic E-state index is 0.332. The Hall–Kier alpha value is -2.58. The number of carboxylic acids is 1. The van der Waals surface area contributed by atoms with Gasteiger partial charge in [0.15, 0.2) is 0 Å². The van der Waals surface area contributed by atoms with Crippen LogP contribution in [0.3, 0.4) is 0 Å². The fraction of sp³-hybridized carbons (Fsp3) is 0.0588. The van der Waals surface area contributed by atoms with Crippen molar-refractivity contribution in [2.24, 2.45) is 0 Å². The number of hydrogen-bond acceptors (Lipinski definition) is 3. The van der Waals surface area contributed by atoms with Gasteiger partial charge in [-0.05, 0) is 35.4 Å². The van der Waals surface area contributed by atoms with Crippen LogP contribution in [0.4, 0.5) is 0 Å².